The van der Waals surface area contributed by atoms with E-state index in [1.165, 1.54) is 31.4 Å². The molecule has 1 fully saturated rings. The Kier molecular flexibility index (Phi) is 8.93. The van der Waals surface area contributed by atoms with Gasteiger partial charge in [0, 0.05) is 24.4 Å². The van der Waals surface area contributed by atoms with Crippen LogP contribution in [0.5, 0.6) is 5.75 Å². The lowest BCUT2D eigenvalue weighted by molar-refractivity contribution is 0.0273. The molecular weight excluding hydrogens is 428 g/mol. The molecule has 32 heavy (non-hydrogen) atoms. The maximum atomic E-state index is 12.6. The van der Waals surface area contributed by atoms with E-state index in [4.69, 9.17) is 9.47 Å². The van der Waals surface area contributed by atoms with Crippen LogP contribution in [0, 0.1) is 0 Å². The second kappa shape index (κ2) is 11.9. The Morgan fingerprint density at radius 1 is 1.00 bits per heavy atom. The van der Waals surface area contributed by atoms with Crippen molar-refractivity contribution in [1.29, 1.82) is 0 Å². The molecule has 8 heteroatoms. The Balaban J connectivity index is 1.44. The van der Waals surface area contributed by atoms with Gasteiger partial charge in [0.05, 0.1) is 17.6 Å². The largest absolute Gasteiger partial charge is 0.494 e. The van der Waals surface area contributed by atoms with Gasteiger partial charge in [0.15, 0.2) is 0 Å². The van der Waals surface area contributed by atoms with Crippen LogP contribution in [0.15, 0.2) is 53.4 Å². The molecule has 2 N–H and O–H groups in total. The van der Waals surface area contributed by atoms with E-state index in [-0.39, 0.29) is 10.8 Å². The highest BCUT2D eigenvalue weighted by atomic mass is 32.2. The van der Waals surface area contributed by atoms with Crippen molar-refractivity contribution in [3.05, 3.63) is 54.1 Å². The van der Waals surface area contributed by atoms with Crippen molar-refractivity contribution in [2.75, 3.05) is 24.5 Å². The summed E-state index contributed by atoms with van der Waals surface area (Å²) in [4.78, 5) is 12.4. The summed E-state index contributed by atoms with van der Waals surface area (Å²) in [6.45, 7) is 3.57. The molecule has 1 saturated carbocycles. The molecule has 1 aliphatic carbocycles. The Morgan fingerprint density at radius 2 is 1.69 bits per heavy atom. The lowest BCUT2D eigenvalue weighted by Gasteiger charge is -2.21. The van der Waals surface area contributed by atoms with Crippen molar-refractivity contribution < 1.29 is 22.7 Å². The zero-order chi connectivity index (χ0) is 22.8. The Morgan fingerprint density at radius 3 is 2.34 bits per heavy atom. The van der Waals surface area contributed by atoms with Crippen LogP contribution in [-0.2, 0) is 14.8 Å². The molecule has 3 rings (SSSR count). The molecule has 1 aliphatic rings. The fourth-order valence-corrected chi connectivity index (χ4v) is 4.70. The van der Waals surface area contributed by atoms with E-state index in [9.17, 15) is 13.2 Å². The molecule has 1 amide bonds. The number of sulfonamides is 1. The number of carbonyl (C=O) groups excluding carboxylic acids is 1. The third-order valence-corrected chi connectivity index (χ3v) is 6.75. The minimum atomic E-state index is -3.73. The van der Waals surface area contributed by atoms with E-state index < -0.39 is 10.0 Å². The van der Waals surface area contributed by atoms with E-state index in [2.05, 4.69) is 10.0 Å². The second-order valence-corrected chi connectivity index (χ2v) is 9.51. The monoisotopic (exact) mass is 460 g/mol. The smallest absolute Gasteiger partial charge is 0.261 e. The summed E-state index contributed by atoms with van der Waals surface area (Å²) >= 11 is 0. The fraction of sp³-hybridized carbons (Fsp3) is 0.458. The first-order valence-corrected chi connectivity index (χ1v) is 12.7. The highest BCUT2D eigenvalue weighted by Gasteiger charge is 2.15. The van der Waals surface area contributed by atoms with Crippen LogP contribution < -0.4 is 14.8 Å². The Bertz CT molecular complexity index is 953. The first-order valence-electron chi connectivity index (χ1n) is 11.2. The third-order valence-electron chi connectivity index (χ3n) is 5.36. The maximum Gasteiger partial charge on any atom is 0.261 e. The molecule has 0 spiro atoms. The van der Waals surface area contributed by atoms with Gasteiger partial charge in [-0.25, -0.2) is 8.42 Å². The van der Waals surface area contributed by atoms with Crippen LogP contribution >= 0.6 is 0 Å². The van der Waals surface area contributed by atoms with Gasteiger partial charge in [-0.3, -0.25) is 9.52 Å². The SMILES string of the molecule is CCOc1ccc(S(=O)(=O)Nc2ccc(C(=O)NCCCOC3CCCCC3)cc2)cc1. The molecule has 2 aromatic carbocycles. The van der Waals surface area contributed by atoms with Gasteiger partial charge in [-0.1, -0.05) is 19.3 Å². The van der Waals surface area contributed by atoms with Gasteiger partial charge < -0.3 is 14.8 Å². The van der Waals surface area contributed by atoms with Gasteiger partial charge in [-0.15, -0.1) is 0 Å². The molecule has 0 unspecified atom stereocenters. The highest BCUT2D eigenvalue weighted by Crippen LogP contribution is 2.21. The average molecular weight is 461 g/mol. The molecular formula is C24H32N2O5S. The highest BCUT2D eigenvalue weighted by molar-refractivity contribution is 7.92. The molecule has 0 aliphatic heterocycles. The van der Waals surface area contributed by atoms with E-state index in [1.54, 1.807) is 36.4 Å². The van der Waals surface area contributed by atoms with Gasteiger partial charge in [-0.2, -0.15) is 0 Å². The molecule has 0 radical (unpaired) electrons. The van der Waals surface area contributed by atoms with E-state index in [0.29, 0.717) is 42.9 Å². The summed E-state index contributed by atoms with van der Waals surface area (Å²) in [5.41, 5.74) is 0.860. The standard InChI is InChI=1S/C24H32N2O5S/c1-2-30-22-13-15-23(16-14-22)32(28,29)26-20-11-9-19(10-12-20)24(27)25-17-6-18-31-21-7-4-3-5-8-21/h9-16,21,26H,2-8,17-18H2,1H3,(H,25,27). The summed E-state index contributed by atoms with van der Waals surface area (Å²) in [6.07, 6.45) is 7.21. The Labute approximate surface area is 190 Å². The minimum absolute atomic E-state index is 0.137. The number of carbonyl (C=O) groups is 1. The van der Waals surface area contributed by atoms with Crippen LogP contribution in [0.2, 0.25) is 0 Å². The summed E-state index contributed by atoms with van der Waals surface area (Å²) in [6, 6.07) is 12.6. The number of hydrogen-bond acceptors (Lipinski definition) is 5. The molecule has 7 nitrogen and oxygen atoms in total. The van der Waals surface area contributed by atoms with Crippen molar-refractivity contribution in [3.63, 3.8) is 0 Å². The summed E-state index contributed by atoms with van der Waals surface area (Å²) in [7, 11) is -3.73. The van der Waals surface area contributed by atoms with Crippen molar-refractivity contribution in [3.8, 4) is 5.75 Å². The van der Waals surface area contributed by atoms with Crippen LogP contribution in [-0.4, -0.2) is 40.2 Å². The lowest BCUT2D eigenvalue weighted by atomic mass is 9.98. The minimum Gasteiger partial charge on any atom is -0.494 e. The number of rotatable bonds is 11. The molecule has 2 aromatic rings. The predicted molar refractivity (Wildman–Crippen MR) is 125 cm³/mol. The molecule has 0 bridgehead atoms. The first kappa shape index (κ1) is 24.1. The van der Waals surface area contributed by atoms with Crippen molar-refractivity contribution in [2.24, 2.45) is 0 Å². The third kappa shape index (κ3) is 7.24. The number of hydrogen-bond donors (Lipinski definition) is 2. The molecule has 0 atom stereocenters. The van der Waals surface area contributed by atoms with Gasteiger partial charge >= 0.3 is 0 Å². The zero-order valence-corrected chi connectivity index (χ0v) is 19.3. The predicted octanol–water partition coefficient (Wildman–Crippen LogP) is 4.36. The van der Waals surface area contributed by atoms with Crippen LogP contribution in [0.4, 0.5) is 5.69 Å². The van der Waals surface area contributed by atoms with Gasteiger partial charge in [0.1, 0.15) is 5.75 Å². The topological polar surface area (TPSA) is 93.7 Å². The molecule has 174 valence electrons. The van der Waals surface area contributed by atoms with Gasteiger partial charge in [0.2, 0.25) is 0 Å². The first-order chi connectivity index (χ1) is 15.5. The van der Waals surface area contributed by atoms with Crippen LogP contribution in [0.3, 0.4) is 0 Å². The number of anilines is 1. The molecule has 0 heterocycles. The average Bonchev–Trinajstić information content (AvgIpc) is 2.80. The maximum absolute atomic E-state index is 12.6. The van der Waals surface area contributed by atoms with Crippen LogP contribution in [0.25, 0.3) is 0 Å². The number of ether oxygens (including phenoxy) is 2. The normalized spacial score (nSPS) is 14.7. The fourth-order valence-electron chi connectivity index (χ4n) is 3.64. The summed E-state index contributed by atoms with van der Waals surface area (Å²) < 4.78 is 38.9. The summed E-state index contributed by atoms with van der Waals surface area (Å²) in [5.74, 6) is 0.422. The van der Waals surface area contributed by atoms with Gasteiger partial charge in [-0.05, 0) is 74.7 Å². The van der Waals surface area contributed by atoms with E-state index in [1.807, 2.05) is 6.92 Å². The Hall–Kier alpha value is -2.58. The van der Waals surface area contributed by atoms with Crippen molar-refractivity contribution >= 4 is 21.6 Å². The van der Waals surface area contributed by atoms with Crippen LogP contribution in [0.1, 0.15) is 55.8 Å². The van der Waals surface area contributed by atoms with Crippen molar-refractivity contribution in [2.45, 2.75) is 56.4 Å². The second-order valence-electron chi connectivity index (χ2n) is 7.83. The zero-order valence-electron chi connectivity index (χ0n) is 18.5. The van der Waals surface area contributed by atoms with Crippen molar-refractivity contribution in [1.82, 2.24) is 5.32 Å². The summed E-state index contributed by atoms with van der Waals surface area (Å²) in [5, 5.41) is 2.88. The van der Waals surface area contributed by atoms with Gasteiger partial charge in [0.25, 0.3) is 15.9 Å². The lowest BCUT2D eigenvalue weighted by Crippen LogP contribution is -2.26. The molecule has 0 aromatic heterocycles. The van der Waals surface area contributed by atoms with E-state index >= 15 is 0 Å². The van der Waals surface area contributed by atoms with E-state index in [0.717, 1.165) is 19.3 Å². The molecule has 0 saturated heterocycles. The number of benzene rings is 2. The quantitative estimate of drug-likeness (QED) is 0.486. The number of nitrogens with one attached hydrogen (secondary N) is 2. The number of amides is 1.